The van der Waals surface area contributed by atoms with E-state index >= 15 is 0 Å². The van der Waals surface area contributed by atoms with E-state index in [0.717, 1.165) is 19.2 Å². The minimum atomic E-state index is -1.11. The molecule has 2 aliphatic heterocycles. The zero-order valence-corrected chi connectivity index (χ0v) is 17.4. The molecule has 4 unspecified atom stereocenters. The number of amides is 2. The predicted molar refractivity (Wildman–Crippen MR) is 104 cm³/mol. The number of carboxylic acid groups (broad SMARTS) is 1. The first kappa shape index (κ1) is 18.7. The van der Waals surface area contributed by atoms with Gasteiger partial charge < -0.3 is 5.11 Å². The molecule has 27 heavy (non-hydrogen) atoms. The van der Waals surface area contributed by atoms with Crippen LogP contribution in [0.4, 0.5) is 0 Å². The normalized spacial score (nSPS) is 27.4. The zero-order chi connectivity index (χ0) is 19.3. The van der Waals surface area contributed by atoms with Gasteiger partial charge in [-0.05, 0) is 35.0 Å². The number of nitrogens with zero attached hydrogens (tertiary/aromatic N) is 2. The maximum absolute atomic E-state index is 13.1. The summed E-state index contributed by atoms with van der Waals surface area (Å²) in [5.41, 5.74) is 2.63. The molecule has 4 rings (SSSR count). The summed E-state index contributed by atoms with van der Waals surface area (Å²) in [5.74, 6) is -3.36. The molecule has 2 N–H and O–H groups in total. The molecule has 2 aliphatic rings. The van der Waals surface area contributed by atoms with Crippen LogP contribution < -0.4 is 5.32 Å². The van der Waals surface area contributed by atoms with Crippen LogP contribution in [0.3, 0.4) is 0 Å². The number of carbonyl (C=O) groups is 3. The van der Waals surface area contributed by atoms with Crippen LogP contribution in [0.2, 0.25) is 0 Å². The number of thiophene rings is 1. The highest BCUT2D eigenvalue weighted by Crippen LogP contribution is 2.46. The van der Waals surface area contributed by atoms with Crippen molar-refractivity contribution in [1.82, 2.24) is 15.2 Å². The Kier molecular flexibility index (Phi) is 4.91. The van der Waals surface area contributed by atoms with Crippen LogP contribution in [0, 0.1) is 18.8 Å². The van der Waals surface area contributed by atoms with Crippen LogP contribution in [0.25, 0.3) is 0 Å². The molecule has 0 spiro atoms. The maximum atomic E-state index is 13.1. The van der Waals surface area contributed by atoms with Gasteiger partial charge >= 0.3 is 5.97 Å². The third kappa shape index (κ3) is 3.14. The van der Waals surface area contributed by atoms with Gasteiger partial charge in [-0.1, -0.05) is 0 Å². The fraction of sp³-hybridized carbons (Fsp3) is 0.412. The van der Waals surface area contributed by atoms with Crippen LogP contribution in [0.1, 0.15) is 21.5 Å². The molecule has 0 saturated carbocycles. The molecule has 4 atom stereocenters. The number of imide groups is 1. The number of carboxylic acids is 1. The van der Waals surface area contributed by atoms with E-state index in [4.69, 9.17) is 0 Å². The number of halogens is 1. The number of thiazole rings is 1. The highest BCUT2D eigenvalue weighted by molar-refractivity contribution is 9.11. The molecule has 0 aromatic carbocycles. The van der Waals surface area contributed by atoms with E-state index in [0.29, 0.717) is 6.42 Å². The fourth-order valence-corrected chi connectivity index (χ4v) is 6.16. The molecule has 0 radical (unpaired) electrons. The number of hydrogen-bond acceptors (Lipinski definition) is 7. The first-order valence-corrected chi connectivity index (χ1v) is 10.9. The Bertz CT molecular complexity index is 927. The average molecular weight is 470 g/mol. The molecule has 2 aromatic heterocycles. The van der Waals surface area contributed by atoms with Crippen LogP contribution in [-0.2, 0) is 20.8 Å². The van der Waals surface area contributed by atoms with Gasteiger partial charge in [0.1, 0.15) is 6.04 Å². The Labute approximate surface area is 171 Å². The van der Waals surface area contributed by atoms with Crippen molar-refractivity contribution < 1.29 is 19.5 Å². The largest absolute Gasteiger partial charge is 0.480 e. The van der Waals surface area contributed by atoms with Crippen molar-refractivity contribution >= 4 is 56.4 Å². The SMILES string of the molecule is Cc1ncsc1CCN1C(=O)C2C(C(=O)O)NC(c3ccc(Br)s3)C2C1=O. The summed E-state index contributed by atoms with van der Waals surface area (Å²) in [7, 11) is 0. The van der Waals surface area contributed by atoms with Crippen molar-refractivity contribution in [2.75, 3.05) is 6.54 Å². The van der Waals surface area contributed by atoms with E-state index < -0.39 is 35.8 Å². The second-order valence-electron chi connectivity index (χ2n) is 6.59. The van der Waals surface area contributed by atoms with Crippen LogP contribution >= 0.6 is 38.6 Å². The molecule has 2 amide bonds. The molecule has 7 nitrogen and oxygen atoms in total. The molecular weight excluding hydrogens is 454 g/mol. The van der Waals surface area contributed by atoms with Crippen molar-refractivity contribution in [3.63, 3.8) is 0 Å². The number of aliphatic carboxylic acids is 1. The molecule has 142 valence electrons. The first-order valence-electron chi connectivity index (χ1n) is 8.36. The Morgan fingerprint density at radius 1 is 1.33 bits per heavy atom. The quantitative estimate of drug-likeness (QED) is 0.651. The Morgan fingerprint density at radius 3 is 2.67 bits per heavy atom. The third-order valence-electron chi connectivity index (χ3n) is 5.14. The van der Waals surface area contributed by atoms with E-state index in [1.165, 1.54) is 27.6 Å². The lowest BCUT2D eigenvalue weighted by Gasteiger charge is -2.20. The third-order valence-corrected chi connectivity index (χ3v) is 7.84. The monoisotopic (exact) mass is 469 g/mol. The summed E-state index contributed by atoms with van der Waals surface area (Å²) in [5, 5.41) is 12.6. The van der Waals surface area contributed by atoms with E-state index in [-0.39, 0.29) is 12.5 Å². The van der Waals surface area contributed by atoms with E-state index in [9.17, 15) is 19.5 Å². The van der Waals surface area contributed by atoms with Crippen molar-refractivity contribution in [1.29, 1.82) is 0 Å². The number of fused-ring (bicyclic) bond motifs is 1. The number of nitrogens with one attached hydrogen (secondary N) is 1. The second kappa shape index (κ2) is 7.08. The number of aromatic nitrogens is 1. The molecule has 2 fully saturated rings. The van der Waals surface area contributed by atoms with E-state index in [1.54, 1.807) is 5.51 Å². The van der Waals surface area contributed by atoms with Gasteiger partial charge in [-0.15, -0.1) is 22.7 Å². The van der Waals surface area contributed by atoms with Crippen molar-refractivity contribution in [2.45, 2.75) is 25.4 Å². The van der Waals surface area contributed by atoms with Gasteiger partial charge in [0, 0.05) is 22.7 Å². The molecule has 10 heteroatoms. The maximum Gasteiger partial charge on any atom is 0.321 e. The number of aryl methyl sites for hydroxylation is 1. The highest BCUT2D eigenvalue weighted by Gasteiger charge is 2.61. The van der Waals surface area contributed by atoms with Crippen LogP contribution in [-0.4, -0.2) is 45.4 Å². The van der Waals surface area contributed by atoms with E-state index in [1.807, 2.05) is 19.1 Å². The number of hydrogen-bond donors (Lipinski definition) is 2. The number of likely N-dealkylation sites (tertiary alicyclic amines) is 1. The molecule has 0 bridgehead atoms. The van der Waals surface area contributed by atoms with E-state index in [2.05, 4.69) is 26.2 Å². The zero-order valence-electron chi connectivity index (χ0n) is 14.2. The Hall–Kier alpha value is -1.62. The standard InChI is InChI=1S/C17H16BrN3O4S2/c1-7-8(26-6-19-7)4-5-21-15(22)11-12(16(21)23)14(17(24)25)20-13(11)9-2-3-10(18)27-9/h2-3,6,11-14,20H,4-5H2,1H3,(H,24,25). The minimum absolute atomic E-state index is 0.251. The van der Waals surface area contributed by atoms with Gasteiger partial charge in [0.05, 0.1) is 32.9 Å². The highest BCUT2D eigenvalue weighted by atomic mass is 79.9. The summed E-state index contributed by atoms with van der Waals surface area (Å²) in [6.45, 7) is 2.14. The molecule has 0 aliphatic carbocycles. The molecular formula is C17H16BrN3O4S2. The second-order valence-corrected chi connectivity index (χ2v) is 10.0. The topological polar surface area (TPSA) is 99.6 Å². The van der Waals surface area contributed by atoms with Crippen LogP contribution in [0.15, 0.2) is 21.4 Å². The van der Waals surface area contributed by atoms with Crippen molar-refractivity contribution in [3.05, 3.63) is 36.9 Å². The van der Waals surface area contributed by atoms with Gasteiger partial charge in [-0.2, -0.15) is 0 Å². The van der Waals surface area contributed by atoms with Gasteiger partial charge in [-0.3, -0.25) is 24.6 Å². The van der Waals surface area contributed by atoms with Gasteiger partial charge in [0.25, 0.3) is 0 Å². The molecule has 2 saturated heterocycles. The average Bonchev–Trinajstić information content (AvgIpc) is 3.35. The van der Waals surface area contributed by atoms with Crippen molar-refractivity contribution in [3.8, 4) is 0 Å². The lowest BCUT2D eigenvalue weighted by Crippen LogP contribution is -2.43. The van der Waals surface area contributed by atoms with Gasteiger partial charge in [-0.25, -0.2) is 4.98 Å². The lowest BCUT2D eigenvalue weighted by molar-refractivity contribution is -0.146. The first-order chi connectivity index (χ1) is 12.9. The molecule has 4 heterocycles. The van der Waals surface area contributed by atoms with Gasteiger partial charge in [0.2, 0.25) is 11.8 Å². The van der Waals surface area contributed by atoms with Gasteiger partial charge in [0.15, 0.2) is 0 Å². The van der Waals surface area contributed by atoms with Crippen LogP contribution in [0.5, 0.6) is 0 Å². The number of rotatable bonds is 5. The summed E-state index contributed by atoms with van der Waals surface area (Å²) >= 11 is 6.33. The Morgan fingerprint density at radius 2 is 2.07 bits per heavy atom. The number of carbonyl (C=O) groups excluding carboxylic acids is 2. The smallest absolute Gasteiger partial charge is 0.321 e. The minimum Gasteiger partial charge on any atom is -0.480 e. The summed E-state index contributed by atoms with van der Waals surface area (Å²) in [4.78, 5) is 45.0. The summed E-state index contributed by atoms with van der Waals surface area (Å²) in [6.07, 6.45) is 0.536. The summed E-state index contributed by atoms with van der Waals surface area (Å²) in [6, 6.07) is 2.18. The fourth-order valence-electron chi connectivity index (χ4n) is 3.86. The predicted octanol–water partition coefficient (Wildman–Crippen LogP) is 2.22. The summed E-state index contributed by atoms with van der Waals surface area (Å²) < 4.78 is 0.893. The lowest BCUT2D eigenvalue weighted by atomic mass is 9.89. The van der Waals surface area contributed by atoms with Crippen molar-refractivity contribution in [2.24, 2.45) is 11.8 Å². The Balaban J connectivity index is 1.61. The molecule has 2 aromatic rings.